The van der Waals surface area contributed by atoms with E-state index in [1.54, 1.807) is 43.6 Å². The van der Waals surface area contributed by atoms with Gasteiger partial charge in [0.2, 0.25) is 0 Å². The normalized spacial score (nSPS) is 17.0. The van der Waals surface area contributed by atoms with Gasteiger partial charge in [0.15, 0.2) is 15.8 Å². The van der Waals surface area contributed by atoms with E-state index in [9.17, 15) is 8.42 Å². The Kier molecular flexibility index (Phi) is 8.97. The minimum Gasteiger partial charge on any atom is -0.355 e. The summed E-state index contributed by atoms with van der Waals surface area (Å²) in [6.07, 6.45) is 2.64. The molecule has 0 amide bonds. The molecule has 0 spiro atoms. The summed E-state index contributed by atoms with van der Waals surface area (Å²) in [5.41, 5.74) is 0. The van der Waals surface area contributed by atoms with Crippen LogP contribution in [0, 0.1) is 0 Å². The third-order valence-corrected chi connectivity index (χ3v) is 6.58. The SMILES string of the molecule is CN=C(NCCS(=O)(=O)c1ccccc1)NC1CCN(c2ncccc2Cl)C1.I. The first kappa shape index (κ1) is 23.7. The van der Waals surface area contributed by atoms with Crippen molar-refractivity contribution < 1.29 is 8.42 Å². The van der Waals surface area contributed by atoms with Crippen molar-refractivity contribution in [3.05, 3.63) is 53.7 Å². The fourth-order valence-electron chi connectivity index (χ4n) is 3.12. The second-order valence-electron chi connectivity index (χ2n) is 6.52. The molecule has 1 aromatic carbocycles. The lowest BCUT2D eigenvalue weighted by Crippen LogP contribution is -2.45. The van der Waals surface area contributed by atoms with Crippen LogP contribution in [-0.4, -0.2) is 57.8 Å². The second kappa shape index (κ2) is 11.0. The highest BCUT2D eigenvalue weighted by atomic mass is 127. The number of halogens is 2. The van der Waals surface area contributed by atoms with Gasteiger partial charge in [0.05, 0.1) is 15.7 Å². The number of sulfone groups is 1. The maximum absolute atomic E-state index is 12.4. The number of anilines is 1. The van der Waals surface area contributed by atoms with Gasteiger partial charge < -0.3 is 15.5 Å². The van der Waals surface area contributed by atoms with Crippen LogP contribution in [0.3, 0.4) is 0 Å². The van der Waals surface area contributed by atoms with Crippen LogP contribution in [-0.2, 0) is 9.84 Å². The molecule has 2 N–H and O–H groups in total. The minimum atomic E-state index is -3.32. The van der Waals surface area contributed by atoms with Crippen LogP contribution in [0.25, 0.3) is 0 Å². The third-order valence-electron chi connectivity index (χ3n) is 4.56. The molecular weight excluding hydrogens is 525 g/mol. The molecule has 2 aromatic rings. The van der Waals surface area contributed by atoms with Crippen molar-refractivity contribution in [2.24, 2.45) is 4.99 Å². The second-order valence-corrected chi connectivity index (χ2v) is 9.03. The van der Waals surface area contributed by atoms with E-state index in [1.165, 1.54) is 0 Å². The number of aromatic nitrogens is 1. The zero-order valence-corrected chi connectivity index (χ0v) is 20.0. The van der Waals surface area contributed by atoms with Gasteiger partial charge in [-0.05, 0) is 30.7 Å². The van der Waals surface area contributed by atoms with Crippen molar-refractivity contribution in [2.45, 2.75) is 17.4 Å². The Morgan fingerprint density at radius 1 is 1.28 bits per heavy atom. The molecule has 1 unspecified atom stereocenters. The predicted octanol–water partition coefficient (Wildman–Crippen LogP) is 2.57. The summed E-state index contributed by atoms with van der Waals surface area (Å²) in [4.78, 5) is 11.0. The fourth-order valence-corrected chi connectivity index (χ4v) is 4.54. The number of rotatable bonds is 6. The number of pyridine rings is 1. The molecule has 1 fully saturated rings. The number of guanidine groups is 1. The number of nitrogens with zero attached hydrogens (tertiary/aromatic N) is 3. The Labute approximate surface area is 193 Å². The maximum Gasteiger partial charge on any atom is 0.191 e. The van der Waals surface area contributed by atoms with E-state index >= 15 is 0 Å². The molecule has 1 atom stereocenters. The van der Waals surface area contributed by atoms with Gasteiger partial charge in [0.25, 0.3) is 0 Å². The van der Waals surface area contributed by atoms with E-state index in [4.69, 9.17) is 11.6 Å². The van der Waals surface area contributed by atoms with E-state index in [-0.39, 0.29) is 42.3 Å². The summed E-state index contributed by atoms with van der Waals surface area (Å²) in [6, 6.07) is 12.3. The van der Waals surface area contributed by atoms with Gasteiger partial charge in [-0.3, -0.25) is 4.99 Å². The highest BCUT2D eigenvalue weighted by molar-refractivity contribution is 14.0. The largest absolute Gasteiger partial charge is 0.355 e. The Morgan fingerprint density at radius 2 is 2.03 bits per heavy atom. The number of hydrogen-bond donors (Lipinski definition) is 2. The smallest absolute Gasteiger partial charge is 0.191 e. The summed E-state index contributed by atoms with van der Waals surface area (Å²) in [5.74, 6) is 1.37. The number of nitrogens with one attached hydrogen (secondary N) is 2. The lowest BCUT2D eigenvalue weighted by molar-refractivity contribution is 0.594. The van der Waals surface area contributed by atoms with Crippen molar-refractivity contribution >= 4 is 57.2 Å². The van der Waals surface area contributed by atoms with Gasteiger partial charge in [0, 0.05) is 38.9 Å². The minimum absolute atomic E-state index is 0. The molecule has 0 saturated carbocycles. The monoisotopic (exact) mass is 549 g/mol. The fraction of sp³-hybridized carbons (Fsp3) is 0.368. The van der Waals surface area contributed by atoms with Crippen molar-refractivity contribution in [2.75, 3.05) is 37.3 Å². The van der Waals surface area contributed by atoms with Crippen molar-refractivity contribution in [1.29, 1.82) is 0 Å². The van der Waals surface area contributed by atoms with Crippen molar-refractivity contribution in [3.63, 3.8) is 0 Å². The quantitative estimate of drug-likeness (QED) is 0.327. The predicted molar refractivity (Wildman–Crippen MR) is 128 cm³/mol. The van der Waals surface area contributed by atoms with Gasteiger partial charge in [0.1, 0.15) is 5.82 Å². The molecule has 2 heterocycles. The first-order valence-electron chi connectivity index (χ1n) is 9.10. The molecule has 1 aromatic heterocycles. The number of hydrogen-bond acceptors (Lipinski definition) is 5. The Balaban J connectivity index is 0.00000300. The van der Waals surface area contributed by atoms with Crippen LogP contribution in [0.4, 0.5) is 5.82 Å². The van der Waals surface area contributed by atoms with Gasteiger partial charge in [-0.15, -0.1) is 24.0 Å². The van der Waals surface area contributed by atoms with E-state index in [2.05, 4.69) is 25.5 Å². The molecule has 29 heavy (non-hydrogen) atoms. The molecular formula is C19H25ClIN5O2S. The Hall–Kier alpha value is -1.59. The summed E-state index contributed by atoms with van der Waals surface area (Å²) in [5, 5.41) is 7.07. The molecule has 3 rings (SSSR count). The number of aliphatic imine (C=N–C) groups is 1. The Bertz CT molecular complexity index is 927. The maximum atomic E-state index is 12.4. The molecule has 10 heteroatoms. The van der Waals surface area contributed by atoms with Gasteiger partial charge in [-0.1, -0.05) is 29.8 Å². The van der Waals surface area contributed by atoms with Gasteiger partial charge >= 0.3 is 0 Å². The lowest BCUT2D eigenvalue weighted by atomic mass is 10.3. The van der Waals surface area contributed by atoms with Crippen LogP contribution in [0.2, 0.25) is 5.02 Å². The lowest BCUT2D eigenvalue weighted by Gasteiger charge is -2.20. The standard InChI is InChI=1S/C19H24ClN5O2S.HI/c1-21-19(23-11-13-28(26,27)16-6-3-2-4-7-16)24-15-9-12-25(14-15)18-17(20)8-5-10-22-18;/h2-8,10,15H,9,11-14H2,1H3,(H2,21,23,24);1H. The molecule has 158 valence electrons. The molecule has 1 aliphatic rings. The average Bonchev–Trinajstić information content (AvgIpc) is 3.16. The van der Waals surface area contributed by atoms with E-state index < -0.39 is 9.84 Å². The van der Waals surface area contributed by atoms with E-state index in [0.717, 1.165) is 25.3 Å². The van der Waals surface area contributed by atoms with E-state index in [0.29, 0.717) is 15.9 Å². The molecule has 1 saturated heterocycles. The van der Waals surface area contributed by atoms with E-state index in [1.807, 2.05) is 12.1 Å². The van der Waals surface area contributed by atoms with Crippen molar-refractivity contribution in [3.8, 4) is 0 Å². The average molecular weight is 550 g/mol. The van der Waals surface area contributed by atoms with Crippen molar-refractivity contribution in [1.82, 2.24) is 15.6 Å². The van der Waals surface area contributed by atoms with Crippen LogP contribution < -0.4 is 15.5 Å². The topological polar surface area (TPSA) is 86.7 Å². The van der Waals surface area contributed by atoms with Crippen LogP contribution >= 0.6 is 35.6 Å². The summed E-state index contributed by atoms with van der Waals surface area (Å²) in [7, 11) is -1.65. The third kappa shape index (κ3) is 6.45. The molecule has 0 aliphatic carbocycles. The van der Waals surface area contributed by atoms with Gasteiger partial charge in [-0.25, -0.2) is 13.4 Å². The first-order valence-corrected chi connectivity index (χ1v) is 11.1. The van der Waals surface area contributed by atoms with Crippen LogP contribution in [0.5, 0.6) is 0 Å². The van der Waals surface area contributed by atoms with Gasteiger partial charge in [-0.2, -0.15) is 0 Å². The zero-order valence-electron chi connectivity index (χ0n) is 16.1. The highest BCUT2D eigenvalue weighted by Gasteiger charge is 2.25. The first-order chi connectivity index (χ1) is 13.5. The molecule has 0 radical (unpaired) electrons. The molecule has 1 aliphatic heterocycles. The van der Waals surface area contributed by atoms with Crippen LogP contribution in [0.15, 0.2) is 58.5 Å². The highest BCUT2D eigenvalue weighted by Crippen LogP contribution is 2.25. The molecule has 7 nitrogen and oxygen atoms in total. The Morgan fingerprint density at radius 3 is 2.72 bits per heavy atom. The summed E-state index contributed by atoms with van der Waals surface area (Å²) in [6.45, 7) is 1.87. The summed E-state index contributed by atoms with van der Waals surface area (Å²) >= 11 is 6.23. The van der Waals surface area contributed by atoms with Crippen LogP contribution in [0.1, 0.15) is 6.42 Å². The molecule has 0 bridgehead atoms. The zero-order chi connectivity index (χ0) is 20.0. The summed E-state index contributed by atoms with van der Waals surface area (Å²) < 4.78 is 24.7. The number of benzene rings is 1.